The highest BCUT2D eigenvalue weighted by molar-refractivity contribution is 5.87. The summed E-state index contributed by atoms with van der Waals surface area (Å²) in [6.07, 6.45) is 12.6. The first-order valence-electron chi connectivity index (χ1n) is 12.5. The molecule has 30 heavy (non-hydrogen) atoms. The molecule has 4 heteroatoms. The van der Waals surface area contributed by atoms with Gasteiger partial charge in [0.05, 0.1) is 6.10 Å². The average Bonchev–Trinajstić information content (AvgIpc) is 3.04. The number of nitrogens with one attached hydrogen (secondary N) is 1. The van der Waals surface area contributed by atoms with Crippen LogP contribution in [0.25, 0.3) is 0 Å². The Morgan fingerprint density at radius 2 is 1.90 bits per heavy atom. The molecule has 0 aromatic rings. The number of carbonyl (C=O) groups is 1. The molecule has 3 N–H and O–H groups in total. The maximum atomic E-state index is 12.7. The molecule has 0 saturated heterocycles. The second kappa shape index (κ2) is 8.67. The maximum absolute atomic E-state index is 12.7. The molecular weight excluding hydrogens is 374 g/mol. The van der Waals surface area contributed by atoms with Gasteiger partial charge in [-0.15, -0.1) is 0 Å². The molecule has 0 aromatic heterocycles. The lowest BCUT2D eigenvalue weighted by Gasteiger charge is -2.63. The molecule has 0 radical (unpaired) electrons. The molecule has 170 valence electrons. The molecule has 4 fully saturated rings. The first-order chi connectivity index (χ1) is 14.4. The van der Waals surface area contributed by atoms with Crippen LogP contribution in [0.3, 0.4) is 0 Å². The number of aliphatic hydroxyl groups excluding tert-OH is 2. The van der Waals surface area contributed by atoms with Crippen LogP contribution in [-0.4, -0.2) is 42.3 Å². The first-order valence-corrected chi connectivity index (χ1v) is 12.5. The van der Waals surface area contributed by atoms with Gasteiger partial charge in [0.25, 0.3) is 0 Å². The van der Waals surface area contributed by atoms with Gasteiger partial charge in [-0.3, -0.25) is 4.79 Å². The summed E-state index contributed by atoms with van der Waals surface area (Å²) < 4.78 is 0. The van der Waals surface area contributed by atoms with Crippen molar-refractivity contribution in [3.8, 4) is 0 Å². The normalized spacial score (nSPS) is 47.1. The predicted molar refractivity (Wildman–Crippen MR) is 120 cm³/mol. The zero-order chi connectivity index (χ0) is 21.5. The van der Waals surface area contributed by atoms with Crippen molar-refractivity contribution in [1.82, 2.24) is 5.32 Å². The molecule has 4 nitrogen and oxygen atoms in total. The Balaban J connectivity index is 1.55. The summed E-state index contributed by atoms with van der Waals surface area (Å²) in [5, 5.41) is 25.1. The molecule has 4 aliphatic carbocycles. The molecular formula is C26H43NO3. The van der Waals surface area contributed by atoms with Crippen LogP contribution >= 0.6 is 0 Å². The van der Waals surface area contributed by atoms with Gasteiger partial charge < -0.3 is 15.5 Å². The molecule has 0 aromatic carbocycles. The van der Waals surface area contributed by atoms with Crippen molar-refractivity contribution in [3.05, 3.63) is 11.6 Å². The summed E-state index contributed by atoms with van der Waals surface area (Å²) in [6.45, 7) is 5.76. The Labute approximate surface area is 182 Å². The third-order valence-electron chi connectivity index (χ3n) is 10.1. The lowest BCUT2D eigenvalue weighted by atomic mass is 9.42. The Morgan fingerprint density at radius 3 is 2.63 bits per heavy atom. The van der Waals surface area contributed by atoms with E-state index < -0.39 is 6.10 Å². The van der Waals surface area contributed by atoms with E-state index in [1.165, 1.54) is 19.3 Å². The van der Waals surface area contributed by atoms with Gasteiger partial charge in [0.2, 0.25) is 0 Å². The van der Waals surface area contributed by atoms with Crippen LogP contribution in [-0.2, 0) is 4.79 Å². The highest BCUT2D eigenvalue weighted by atomic mass is 16.3. The van der Waals surface area contributed by atoms with Crippen molar-refractivity contribution in [2.24, 2.45) is 40.4 Å². The predicted octanol–water partition coefficient (Wildman–Crippen LogP) is 4.10. The third-order valence-corrected chi connectivity index (χ3v) is 10.1. The minimum Gasteiger partial charge on any atom is -0.396 e. The second-order valence-electron chi connectivity index (χ2n) is 11.3. The lowest BCUT2D eigenvalue weighted by molar-refractivity contribution is -0.191. The molecule has 4 rings (SSSR count). The zero-order valence-corrected chi connectivity index (χ0v) is 19.3. The van der Waals surface area contributed by atoms with Crippen molar-refractivity contribution < 1.29 is 15.0 Å². The average molecular weight is 418 g/mol. The fourth-order valence-electron chi connectivity index (χ4n) is 8.24. The van der Waals surface area contributed by atoms with Crippen LogP contribution in [0.4, 0.5) is 0 Å². The second-order valence-corrected chi connectivity index (χ2v) is 11.3. The molecule has 0 amide bonds. The van der Waals surface area contributed by atoms with Gasteiger partial charge >= 0.3 is 0 Å². The molecule has 0 spiro atoms. The molecule has 4 unspecified atom stereocenters. The Bertz CT molecular complexity index is 675. The van der Waals surface area contributed by atoms with Crippen LogP contribution in [0.15, 0.2) is 11.6 Å². The number of Topliss-reactive ketones (excluding diaryl/α,β-unsaturated/α-hetero) is 1. The summed E-state index contributed by atoms with van der Waals surface area (Å²) in [5.41, 5.74) is 1.48. The zero-order valence-electron chi connectivity index (χ0n) is 19.3. The number of hydrogen-bond donors (Lipinski definition) is 3. The van der Waals surface area contributed by atoms with E-state index in [4.69, 9.17) is 0 Å². The van der Waals surface area contributed by atoms with Gasteiger partial charge in [-0.05, 0) is 100 Å². The van der Waals surface area contributed by atoms with E-state index in [1.54, 1.807) is 5.57 Å². The summed E-state index contributed by atoms with van der Waals surface area (Å²) >= 11 is 0. The van der Waals surface area contributed by atoms with E-state index in [9.17, 15) is 15.0 Å². The van der Waals surface area contributed by atoms with Gasteiger partial charge in [-0.25, -0.2) is 0 Å². The van der Waals surface area contributed by atoms with Crippen molar-refractivity contribution in [1.29, 1.82) is 0 Å². The molecule has 0 aliphatic heterocycles. The number of hydrogen-bond acceptors (Lipinski definition) is 4. The summed E-state index contributed by atoms with van der Waals surface area (Å²) in [6, 6.07) is 0. The fourth-order valence-corrected chi connectivity index (χ4v) is 8.24. The molecule has 4 saturated carbocycles. The smallest absolute Gasteiger partial charge is 0.139 e. The minimum absolute atomic E-state index is 0.0534. The Kier molecular flexibility index (Phi) is 6.50. The summed E-state index contributed by atoms with van der Waals surface area (Å²) in [4.78, 5) is 12.7. The summed E-state index contributed by atoms with van der Waals surface area (Å²) in [5.74, 6) is 1.69. The van der Waals surface area contributed by atoms with Crippen LogP contribution in [0, 0.1) is 40.4 Å². The van der Waals surface area contributed by atoms with Gasteiger partial charge in [0, 0.05) is 24.4 Å². The third kappa shape index (κ3) is 3.51. The van der Waals surface area contributed by atoms with Crippen molar-refractivity contribution in [2.75, 3.05) is 20.2 Å². The molecule has 0 bridgehead atoms. The van der Waals surface area contributed by atoms with E-state index in [2.05, 4.69) is 25.2 Å². The van der Waals surface area contributed by atoms with Gasteiger partial charge in [-0.1, -0.05) is 25.5 Å². The number of aliphatic hydroxyl groups is 2. The van der Waals surface area contributed by atoms with E-state index in [0.717, 1.165) is 45.1 Å². The first kappa shape index (κ1) is 22.5. The van der Waals surface area contributed by atoms with Crippen LogP contribution in [0.2, 0.25) is 0 Å². The van der Waals surface area contributed by atoms with Crippen LogP contribution in [0.5, 0.6) is 0 Å². The largest absolute Gasteiger partial charge is 0.396 e. The number of ketones is 1. The van der Waals surface area contributed by atoms with Gasteiger partial charge in [0.15, 0.2) is 0 Å². The quantitative estimate of drug-likeness (QED) is 0.449. The van der Waals surface area contributed by atoms with Gasteiger partial charge in [0.1, 0.15) is 5.78 Å². The highest BCUT2D eigenvalue weighted by Gasteiger charge is 2.64. The van der Waals surface area contributed by atoms with E-state index in [1.807, 2.05) is 7.05 Å². The number of fused-ring (bicyclic) bond motifs is 5. The van der Waals surface area contributed by atoms with E-state index in [-0.39, 0.29) is 29.3 Å². The van der Waals surface area contributed by atoms with Gasteiger partial charge in [-0.2, -0.15) is 0 Å². The number of rotatable bonds is 6. The monoisotopic (exact) mass is 417 g/mol. The summed E-state index contributed by atoms with van der Waals surface area (Å²) in [7, 11) is 2.01. The van der Waals surface area contributed by atoms with Crippen LogP contribution < -0.4 is 5.32 Å². The number of unbranched alkanes of at least 4 members (excludes halogenated alkanes) is 2. The van der Waals surface area contributed by atoms with Crippen molar-refractivity contribution in [3.63, 3.8) is 0 Å². The maximum Gasteiger partial charge on any atom is 0.139 e. The number of allylic oxidation sites excluding steroid dienone is 2. The van der Waals surface area contributed by atoms with E-state index >= 15 is 0 Å². The molecule has 8 atom stereocenters. The van der Waals surface area contributed by atoms with Crippen molar-refractivity contribution in [2.45, 2.75) is 84.2 Å². The molecule has 0 heterocycles. The topological polar surface area (TPSA) is 69.6 Å². The molecule has 4 aliphatic rings. The highest BCUT2D eigenvalue weighted by Crippen LogP contribution is 2.67. The van der Waals surface area contributed by atoms with Crippen LogP contribution in [0.1, 0.15) is 78.1 Å². The SMILES string of the molecule is CNCCCCC=C1CC[C@]2(C)C3CC[C@]4(C)C(=O)CCC4C3[C@H](O)[C@H](CO)C2C1. The number of carbonyl (C=O) groups excluding carboxylic acids is 1. The Morgan fingerprint density at radius 1 is 1.10 bits per heavy atom. The van der Waals surface area contributed by atoms with Crippen molar-refractivity contribution >= 4 is 5.78 Å². The minimum atomic E-state index is -0.469. The Hall–Kier alpha value is -0.710. The fraction of sp³-hybridized carbons (Fsp3) is 0.885. The lowest BCUT2D eigenvalue weighted by Crippen LogP contribution is -2.62. The van der Waals surface area contributed by atoms with E-state index in [0.29, 0.717) is 30.0 Å². The standard InChI is InChI=1S/C26H43NO3/c1-25-12-10-17(7-5-4-6-14-27-3)15-21(25)18(16-28)24(30)23-19-8-9-22(29)26(19,2)13-11-20(23)25/h7,18-21,23-24,27-28,30H,4-6,8-16H2,1-3H3/t18-,19?,20?,21?,23?,24-,25-,26+/m1/s1.